The first kappa shape index (κ1) is 18.3. The Hall–Kier alpha value is -2.01. The Bertz CT molecular complexity index is 668. The van der Waals surface area contributed by atoms with Crippen LogP contribution >= 0.6 is 11.8 Å². The van der Waals surface area contributed by atoms with Crippen LogP contribution in [0.5, 0.6) is 0 Å². The maximum atomic E-state index is 4.41. The number of aliphatic imine (C=N–C) groups is 1. The van der Waals surface area contributed by atoms with Crippen molar-refractivity contribution in [3.63, 3.8) is 0 Å². The van der Waals surface area contributed by atoms with Crippen LogP contribution in [0.15, 0.2) is 53.7 Å². The topological polar surface area (TPSA) is 49.3 Å². The molecule has 0 amide bonds. The highest BCUT2D eigenvalue weighted by Gasteiger charge is 2.16. The van der Waals surface area contributed by atoms with Crippen molar-refractivity contribution < 1.29 is 0 Å². The van der Waals surface area contributed by atoms with Crippen LogP contribution in [0.2, 0.25) is 0 Å². The average molecular weight is 343 g/mol. The molecule has 0 aliphatic carbocycles. The summed E-state index contributed by atoms with van der Waals surface area (Å²) in [5, 5.41) is 6.75. The number of thioether (sulfide) groups is 1. The molecule has 0 saturated heterocycles. The van der Waals surface area contributed by atoms with Gasteiger partial charge in [-0.1, -0.05) is 24.3 Å². The van der Waals surface area contributed by atoms with Gasteiger partial charge in [-0.3, -0.25) is 9.98 Å². The molecule has 0 spiro atoms. The summed E-state index contributed by atoms with van der Waals surface area (Å²) in [6, 6.07) is 14.4. The van der Waals surface area contributed by atoms with E-state index in [-0.39, 0.29) is 4.75 Å². The summed E-state index contributed by atoms with van der Waals surface area (Å²) < 4.78 is 0.177. The van der Waals surface area contributed by atoms with Gasteiger partial charge in [-0.15, -0.1) is 0 Å². The van der Waals surface area contributed by atoms with E-state index >= 15 is 0 Å². The van der Waals surface area contributed by atoms with Crippen molar-refractivity contribution in [1.29, 1.82) is 0 Å². The minimum atomic E-state index is 0.177. The van der Waals surface area contributed by atoms with Crippen molar-refractivity contribution in [2.75, 3.05) is 19.8 Å². The van der Waals surface area contributed by atoms with Crippen LogP contribution in [0.1, 0.15) is 19.4 Å². The van der Waals surface area contributed by atoms with Crippen LogP contribution in [0.4, 0.5) is 0 Å². The summed E-state index contributed by atoms with van der Waals surface area (Å²) in [5.74, 6) is 0.820. The molecule has 0 unspecified atom stereocenters. The summed E-state index contributed by atoms with van der Waals surface area (Å²) in [6.07, 6.45) is 3.94. The zero-order chi connectivity index (χ0) is 17.4. The predicted molar refractivity (Wildman–Crippen MR) is 105 cm³/mol. The van der Waals surface area contributed by atoms with Gasteiger partial charge in [-0.05, 0) is 43.9 Å². The maximum absolute atomic E-state index is 4.41. The number of nitrogens with one attached hydrogen (secondary N) is 2. The first-order valence-electron chi connectivity index (χ1n) is 8.04. The minimum absolute atomic E-state index is 0.177. The average Bonchev–Trinajstić information content (AvgIpc) is 2.63. The molecule has 0 saturated carbocycles. The first-order valence-corrected chi connectivity index (χ1v) is 9.26. The second-order valence-corrected chi connectivity index (χ2v) is 7.67. The SMILES string of the molecule is CN=C(NCc1cccc(-c2ccccn2)c1)NCC(C)(C)SC. The molecule has 2 aromatic rings. The third-order valence-electron chi connectivity index (χ3n) is 3.81. The highest BCUT2D eigenvalue weighted by molar-refractivity contribution is 7.99. The molecule has 0 radical (unpaired) electrons. The van der Waals surface area contributed by atoms with E-state index in [1.165, 1.54) is 5.56 Å². The molecule has 0 bridgehead atoms. The summed E-state index contributed by atoms with van der Waals surface area (Å²) in [5.41, 5.74) is 3.31. The number of hydrogen-bond donors (Lipinski definition) is 2. The molecule has 0 aliphatic heterocycles. The molecule has 2 N–H and O–H groups in total. The lowest BCUT2D eigenvalue weighted by atomic mass is 10.1. The zero-order valence-electron chi connectivity index (χ0n) is 14.8. The number of guanidine groups is 1. The van der Waals surface area contributed by atoms with Crippen LogP contribution in [0, 0.1) is 0 Å². The highest BCUT2D eigenvalue weighted by Crippen LogP contribution is 2.19. The van der Waals surface area contributed by atoms with Gasteiger partial charge in [0.2, 0.25) is 0 Å². The predicted octanol–water partition coefficient (Wildman–Crippen LogP) is 3.56. The third-order valence-corrected chi connectivity index (χ3v) is 5.05. The summed E-state index contributed by atoms with van der Waals surface area (Å²) in [4.78, 5) is 8.70. The molecule has 1 aromatic carbocycles. The first-order chi connectivity index (χ1) is 11.5. The van der Waals surface area contributed by atoms with Crippen LogP contribution in [0.25, 0.3) is 11.3 Å². The number of hydrogen-bond acceptors (Lipinski definition) is 3. The second-order valence-electron chi connectivity index (χ2n) is 6.16. The quantitative estimate of drug-likeness (QED) is 0.622. The van der Waals surface area contributed by atoms with Crippen molar-refractivity contribution in [1.82, 2.24) is 15.6 Å². The number of pyridine rings is 1. The molecule has 4 nitrogen and oxygen atoms in total. The Morgan fingerprint density at radius 3 is 2.67 bits per heavy atom. The van der Waals surface area contributed by atoms with Crippen LogP contribution in [-0.2, 0) is 6.54 Å². The number of rotatable bonds is 6. The lowest BCUT2D eigenvalue weighted by Gasteiger charge is -2.23. The molecular formula is C19H26N4S. The van der Waals surface area contributed by atoms with Gasteiger partial charge in [0.15, 0.2) is 5.96 Å². The Morgan fingerprint density at radius 1 is 1.17 bits per heavy atom. The fourth-order valence-corrected chi connectivity index (χ4v) is 2.37. The van der Waals surface area contributed by atoms with Gasteiger partial charge in [0, 0.05) is 36.6 Å². The van der Waals surface area contributed by atoms with Gasteiger partial charge in [0.25, 0.3) is 0 Å². The molecule has 2 rings (SSSR count). The van der Waals surface area contributed by atoms with Gasteiger partial charge < -0.3 is 10.6 Å². The molecule has 5 heteroatoms. The third kappa shape index (κ3) is 5.57. The zero-order valence-corrected chi connectivity index (χ0v) is 15.7. The maximum Gasteiger partial charge on any atom is 0.191 e. The Morgan fingerprint density at radius 2 is 2.00 bits per heavy atom. The fourth-order valence-electron chi connectivity index (χ4n) is 2.15. The largest absolute Gasteiger partial charge is 0.355 e. The van der Waals surface area contributed by atoms with Crippen LogP contribution in [-0.4, -0.2) is 35.5 Å². The van der Waals surface area contributed by atoms with E-state index < -0.39 is 0 Å². The summed E-state index contributed by atoms with van der Waals surface area (Å²) in [7, 11) is 1.80. The summed E-state index contributed by atoms with van der Waals surface area (Å²) in [6.45, 7) is 6.02. The van der Waals surface area contributed by atoms with Crippen molar-refractivity contribution >= 4 is 17.7 Å². The number of aromatic nitrogens is 1. The molecule has 0 fully saturated rings. The molecule has 0 aliphatic rings. The van der Waals surface area contributed by atoms with Crippen molar-refractivity contribution in [3.05, 3.63) is 54.2 Å². The molecule has 1 heterocycles. The van der Waals surface area contributed by atoms with E-state index in [4.69, 9.17) is 0 Å². The number of benzene rings is 1. The van der Waals surface area contributed by atoms with Crippen LogP contribution in [0.3, 0.4) is 0 Å². The van der Waals surface area contributed by atoms with E-state index in [9.17, 15) is 0 Å². The standard InChI is InChI=1S/C19H26N4S/c1-19(2,24-4)14-23-18(20-3)22-13-15-8-7-9-16(12-15)17-10-5-6-11-21-17/h5-12H,13-14H2,1-4H3,(H2,20,22,23). The van der Waals surface area contributed by atoms with Gasteiger partial charge in [-0.2, -0.15) is 11.8 Å². The normalized spacial score (nSPS) is 12.1. The van der Waals surface area contributed by atoms with Gasteiger partial charge in [0.1, 0.15) is 0 Å². The summed E-state index contributed by atoms with van der Waals surface area (Å²) >= 11 is 1.84. The Labute approximate surface area is 149 Å². The lowest BCUT2D eigenvalue weighted by Crippen LogP contribution is -2.42. The van der Waals surface area contributed by atoms with Crippen molar-refractivity contribution in [2.24, 2.45) is 4.99 Å². The van der Waals surface area contributed by atoms with E-state index in [0.717, 1.165) is 30.3 Å². The highest BCUT2D eigenvalue weighted by atomic mass is 32.2. The van der Waals surface area contributed by atoms with E-state index in [1.54, 1.807) is 7.05 Å². The molecule has 0 atom stereocenters. The van der Waals surface area contributed by atoms with Gasteiger partial charge >= 0.3 is 0 Å². The molecule has 1 aromatic heterocycles. The Kier molecular flexibility index (Phi) is 6.67. The van der Waals surface area contributed by atoms with Gasteiger partial charge in [0.05, 0.1) is 5.69 Å². The van der Waals surface area contributed by atoms with Crippen LogP contribution < -0.4 is 10.6 Å². The van der Waals surface area contributed by atoms with E-state index in [2.05, 4.69) is 65.0 Å². The fraction of sp³-hybridized carbons (Fsp3) is 0.368. The molecule has 24 heavy (non-hydrogen) atoms. The van der Waals surface area contributed by atoms with Crippen molar-refractivity contribution in [2.45, 2.75) is 25.1 Å². The molecule has 128 valence electrons. The monoisotopic (exact) mass is 342 g/mol. The lowest BCUT2D eigenvalue weighted by molar-refractivity contribution is 0.664. The smallest absolute Gasteiger partial charge is 0.191 e. The van der Waals surface area contributed by atoms with E-state index in [1.807, 2.05) is 36.2 Å². The van der Waals surface area contributed by atoms with Crippen molar-refractivity contribution in [3.8, 4) is 11.3 Å². The second kappa shape index (κ2) is 8.73. The number of nitrogens with zero attached hydrogens (tertiary/aromatic N) is 2. The van der Waals surface area contributed by atoms with E-state index in [0.29, 0.717) is 0 Å². The Balaban J connectivity index is 1.96. The van der Waals surface area contributed by atoms with Gasteiger partial charge in [-0.25, -0.2) is 0 Å². The minimum Gasteiger partial charge on any atom is -0.355 e. The molecular weight excluding hydrogens is 316 g/mol.